The number of sulfonamides is 1. The fourth-order valence-corrected chi connectivity index (χ4v) is 5.53. The lowest BCUT2D eigenvalue weighted by atomic mass is 10.1. The monoisotopic (exact) mass is 483 g/mol. The van der Waals surface area contributed by atoms with E-state index >= 15 is 0 Å². The van der Waals surface area contributed by atoms with Gasteiger partial charge in [-0.1, -0.05) is 30.3 Å². The molecule has 0 aliphatic carbocycles. The largest absolute Gasteiger partial charge is 0.423 e. The molecule has 2 heterocycles. The van der Waals surface area contributed by atoms with Gasteiger partial charge in [0.1, 0.15) is 0 Å². The molecule has 1 saturated heterocycles. The summed E-state index contributed by atoms with van der Waals surface area (Å²) in [5, 5.41) is 7.59. The number of piperazine rings is 1. The van der Waals surface area contributed by atoms with Crippen molar-refractivity contribution in [1.82, 2.24) is 20.0 Å². The first-order valence-electron chi connectivity index (χ1n) is 11.3. The number of hydrogen-bond acceptors (Lipinski definition) is 7. The highest BCUT2D eigenvalue weighted by Gasteiger charge is 2.24. The molecule has 1 amide bonds. The maximum atomic E-state index is 13.4. The zero-order valence-corrected chi connectivity index (χ0v) is 20.0. The molecule has 2 aromatic carbocycles. The van der Waals surface area contributed by atoms with Gasteiger partial charge >= 0.3 is 0 Å². The molecule has 34 heavy (non-hydrogen) atoms. The van der Waals surface area contributed by atoms with Gasteiger partial charge in [0.25, 0.3) is 0 Å². The SMILES string of the molecule is CC(=O)N1CCN(CCCS(=O)(=O)N(Cc2ccc(-c3nnco3)cc2)c2ccccc2)CC1. The number of hydrogen-bond donors (Lipinski definition) is 0. The number of amides is 1. The molecule has 1 fully saturated rings. The van der Waals surface area contributed by atoms with Gasteiger partial charge in [-0.15, -0.1) is 10.2 Å². The highest BCUT2D eigenvalue weighted by atomic mass is 32.2. The summed E-state index contributed by atoms with van der Waals surface area (Å²) in [5.41, 5.74) is 2.27. The highest BCUT2D eigenvalue weighted by molar-refractivity contribution is 7.92. The van der Waals surface area contributed by atoms with Gasteiger partial charge < -0.3 is 9.32 Å². The second kappa shape index (κ2) is 10.8. The van der Waals surface area contributed by atoms with Crippen molar-refractivity contribution in [3.8, 4) is 11.5 Å². The van der Waals surface area contributed by atoms with Crippen LogP contribution in [0.2, 0.25) is 0 Å². The molecule has 0 unspecified atom stereocenters. The minimum Gasteiger partial charge on any atom is -0.423 e. The van der Waals surface area contributed by atoms with Gasteiger partial charge in [-0.3, -0.25) is 14.0 Å². The Morgan fingerprint density at radius 1 is 1.03 bits per heavy atom. The third-order valence-electron chi connectivity index (χ3n) is 5.96. The third-order valence-corrected chi connectivity index (χ3v) is 7.78. The van der Waals surface area contributed by atoms with Crippen molar-refractivity contribution >= 4 is 21.6 Å². The lowest BCUT2D eigenvalue weighted by molar-refractivity contribution is -0.130. The molecule has 180 valence electrons. The number of carbonyl (C=O) groups excluding carboxylic acids is 1. The number of anilines is 1. The van der Waals surface area contributed by atoms with Crippen molar-refractivity contribution in [2.75, 3.05) is 42.8 Å². The first-order chi connectivity index (χ1) is 16.4. The Labute approximate surface area is 200 Å². The Morgan fingerprint density at radius 3 is 2.35 bits per heavy atom. The van der Waals surface area contributed by atoms with E-state index in [1.807, 2.05) is 59.5 Å². The van der Waals surface area contributed by atoms with Crippen LogP contribution in [-0.2, 0) is 21.4 Å². The van der Waals surface area contributed by atoms with Crippen LogP contribution in [0.5, 0.6) is 0 Å². The van der Waals surface area contributed by atoms with Crippen LogP contribution in [0.25, 0.3) is 11.5 Å². The van der Waals surface area contributed by atoms with Gasteiger partial charge in [0, 0.05) is 38.7 Å². The zero-order chi connectivity index (χ0) is 24.0. The Balaban J connectivity index is 1.41. The summed E-state index contributed by atoms with van der Waals surface area (Å²) in [4.78, 5) is 15.5. The smallest absolute Gasteiger partial charge is 0.247 e. The van der Waals surface area contributed by atoms with E-state index in [0.717, 1.165) is 24.2 Å². The lowest BCUT2D eigenvalue weighted by Crippen LogP contribution is -2.48. The van der Waals surface area contributed by atoms with Gasteiger partial charge in [0.2, 0.25) is 28.2 Å². The molecule has 9 nitrogen and oxygen atoms in total. The van der Waals surface area contributed by atoms with Gasteiger partial charge in [-0.05, 0) is 42.8 Å². The van der Waals surface area contributed by atoms with E-state index < -0.39 is 10.0 Å². The Bertz CT molecular complexity index is 1160. The van der Waals surface area contributed by atoms with E-state index in [2.05, 4.69) is 15.1 Å². The van der Waals surface area contributed by atoms with Crippen molar-refractivity contribution in [3.63, 3.8) is 0 Å². The average molecular weight is 484 g/mol. The molecule has 4 rings (SSSR count). The van der Waals surface area contributed by atoms with Crippen LogP contribution in [0.4, 0.5) is 5.69 Å². The first kappa shape index (κ1) is 23.9. The van der Waals surface area contributed by atoms with Crippen LogP contribution >= 0.6 is 0 Å². The van der Waals surface area contributed by atoms with Gasteiger partial charge in [-0.2, -0.15) is 0 Å². The maximum absolute atomic E-state index is 13.4. The van der Waals surface area contributed by atoms with Crippen LogP contribution in [0.1, 0.15) is 18.9 Å². The fourth-order valence-electron chi connectivity index (χ4n) is 4.03. The van der Waals surface area contributed by atoms with E-state index in [-0.39, 0.29) is 18.2 Å². The molecule has 0 N–H and O–H groups in total. The second-order valence-corrected chi connectivity index (χ2v) is 10.3. The highest BCUT2D eigenvalue weighted by Crippen LogP contribution is 2.23. The lowest BCUT2D eigenvalue weighted by Gasteiger charge is -2.34. The number of para-hydroxylation sites is 1. The Morgan fingerprint density at radius 2 is 1.74 bits per heavy atom. The number of aromatic nitrogens is 2. The quantitative estimate of drug-likeness (QED) is 0.461. The molecule has 10 heteroatoms. The van der Waals surface area contributed by atoms with Gasteiger partial charge in [-0.25, -0.2) is 8.42 Å². The Hall–Kier alpha value is -3.24. The maximum Gasteiger partial charge on any atom is 0.247 e. The Kier molecular flexibility index (Phi) is 7.59. The van der Waals surface area contributed by atoms with Crippen molar-refractivity contribution < 1.29 is 17.6 Å². The van der Waals surface area contributed by atoms with Crippen LogP contribution in [0, 0.1) is 0 Å². The molecular weight excluding hydrogens is 454 g/mol. The van der Waals surface area contributed by atoms with E-state index in [0.29, 0.717) is 37.6 Å². The minimum atomic E-state index is -3.55. The van der Waals surface area contributed by atoms with Gasteiger partial charge in [0.05, 0.1) is 18.0 Å². The van der Waals surface area contributed by atoms with Crippen LogP contribution in [-0.4, -0.2) is 72.8 Å². The van der Waals surface area contributed by atoms with Crippen molar-refractivity contribution in [1.29, 1.82) is 0 Å². The number of rotatable bonds is 9. The topological polar surface area (TPSA) is 99.9 Å². The average Bonchev–Trinajstić information content (AvgIpc) is 3.39. The number of benzene rings is 2. The van der Waals surface area contributed by atoms with Gasteiger partial charge in [0.15, 0.2) is 0 Å². The molecule has 0 bridgehead atoms. The van der Waals surface area contributed by atoms with Crippen LogP contribution < -0.4 is 4.31 Å². The summed E-state index contributed by atoms with van der Waals surface area (Å²) in [5.74, 6) is 0.559. The van der Waals surface area contributed by atoms with E-state index in [9.17, 15) is 13.2 Å². The predicted octanol–water partition coefficient (Wildman–Crippen LogP) is 2.63. The van der Waals surface area contributed by atoms with E-state index in [1.54, 1.807) is 6.92 Å². The molecular formula is C24H29N5O4S. The van der Waals surface area contributed by atoms with Crippen molar-refractivity contribution in [2.45, 2.75) is 19.9 Å². The number of nitrogens with zero attached hydrogens (tertiary/aromatic N) is 5. The zero-order valence-electron chi connectivity index (χ0n) is 19.2. The molecule has 1 aliphatic rings. The summed E-state index contributed by atoms with van der Waals surface area (Å²) in [7, 11) is -3.55. The molecule has 0 spiro atoms. The summed E-state index contributed by atoms with van der Waals surface area (Å²) in [6.07, 6.45) is 1.80. The van der Waals surface area contributed by atoms with E-state index in [1.165, 1.54) is 10.7 Å². The molecule has 1 aromatic heterocycles. The number of carbonyl (C=O) groups is 1. The minimum absolute atomic E-state index is 0.0505. The second-order valence-electron chi connectivity index (χ2n) is 8.30. The standard InChI is InChI=1S/C24H29N5O4S/c1-20(30)28-15-13-27(14-16-28)12-5-17-34(31,32)29(23-6-3-2-4-7-23)18-21-8-10-22(11-9-21)24-26-25-19-33-24/h2-4,6-11,19H,5,12-18H2,1H3. The summed E-state index contributed by atoms with van der Waals surface area (Å²) < 4.78 is 33.5. The van der Waals surface area contributed by atoms with Crippen LogP contribution in [0.15, 0.2) is 65.4 Å². The van der Waals surface area contributed by atoms with Crippen molar-refractivity contribution in [3.05, 3.63) is 66.6 Å². The molecule has 1 aliphatic heterocycles. The van der Waals surface area contributed by atoms with E-state index in [4.69, 9.17) is 4.42 Å². The molecule has 0 radical (unpaired) electrons. The molecule has 0 atom stereocenters. The third kappa shape index (κ3) is 6.00. The normalized spacial score (nSPS) is 14.8. The summed E-state index contributed by atoms with van der Waals surface area (Å²) in [6, 6.07) is 16.6. The first-order valence-corrected chi connectivity index (χ1v) is 12.9. The predicted molar refractivity (Wildman–Crippen MR) is 129 cm³/mol. The molecule has 3 aromatic rings. The summed E-state index contributed by atoms with van der Waals surface area (Å²) >= 11 is 0. The summed E-state index contributed by atoms with van der Waals surface area (Å²) in [6.45, 7) is 5.43. The molecule has 0 saturated carbocycles. The van der Waals surface area contributed by atoms with Crippen molar-refractivity contribution in [2.24, 2.45) is 0 Å². The van der Waals surface area contributed by atoms with Crippen LogP contribution in [0.3, 0.4) is 0 Å². The fraction of sp³-hybridized carbons (Fsp3) is 0.375.